The van der Waals surface area contributed by atoms with E-state index in [0.29, 0.717) is 5.92 Å². The van der Waals surface area contributed by atoms with Crippen molar-refractivity contribution in [3.63, 3.8) is 0 Å². The number of hydrogen-bond donors (Lipinski definition) is 0. The average molecular weight is 254 g/mol. The molecule has 0 heteroatoms. The molecule has 0 aromatic carbocycles. The highest BCUT2D eigenvalue weighted by atomic mass is 14.2. The van der Waals surface area contributed by atoms with E-state index in [1.165, 1.54) is 27.9 Å². The van der Waals surface area contributed by atoms with Crippen LogP contribution in [-0.4, -0.2) is 0 Å². The first kappa shape index (κ1) is 15.5. The predicted octanol–water partition coefficient (Wildman–Crippen LogP) is 5.92. The molecule has 102 valence electrons. The third kappa shape index (κ3) is 4.55. The third-order valence-electron chi connectivity index (χ3n) is 3.57. The van der Waals surface area contributed by atoms with Gasteiger partial charge in [-0.2, -0.15) is 0 Å². The van der Waals surface area contributed by atoms with E-state index < -0.39 is 0 Å². The fourth-order valence-electron chi connectivity index (χ4n) is 2.27. The summed E-state index contributed by atoms with van der Waals surface area (Å²) < 4.78 is 0. The molecule has 1 aliphatic carbocycles. The van der Waals surface area contributed by atoms with Gasteiger partial charge in [-0.15, -0.1) is 0 Å². The zero-order valence-corrected chi connectivity index (χ0v) is 13.0. The molecule has 1 rings (SSSR count). The van der Waals surface area contributed by atoms with Crippen molar-refractivity contribution in [3.05, 3.63) is 70.9 Å². The largest absolute Gasteiger partial charge is 0.0958 e. The van der Waals surface area contributed by atoms with Gasteiger partial charge in [-0.25, -0.2) is 0 Å². The van der Waals surface area contributed by atoms with Crippen molar-refractivity contribution in [3.8, 4) is 0 Å². The maximum atomic E-state index is 4.10. The maximum absolute atomic E-state index is 4.10. The molecular weight excluding hydrogens is 228 g/mol. The van der Waals surface area contributed by atoms with E-state index in [4.69, 9.17) is 0 Å². The number of allylic oxidation sites excluding steroid dienone is 11. The Labute approximate surface area is 118 Å². The van der Waals surface area contributed by atoms with Crippen LogP contribution in [0, 0.1) is 5.92 Å². The molecule has 0 heterocycles. The Morgan fingerprint density at radius 2 is 1.89 bits per heavy atom. The SMILES string of the molecule is C=C(C)C1=CC=CCC1C(C)=C(C)C=CC=C(C)C. The minimum Gasteiger partial charge on any atom is -0.0958 e. The summed E-state index contributed by atoms with van der Waals surface area (Å²) in [4.78, 5) is 0. The lowest BCUT2D eigenvalue weighted by Crippen LogP contribution is -2.09. The van der Waals surface area contributed by atoms with Gasteiger partial charge < -0.3 is 0 Å². The van der Waals surface area contributed by atoms with Gasteiger partial charge in [0.15, 0.2) is 0 Å². The van der Waals surface area contributed by atoms with Crippen LogP contribution in [0.3, 0.4) is 0 Å². The van der Waals surface area contributed by atoms with E-state index in [1.807, 2.05) is 0 Å². The van der Waals surface area contributed by atoms with Crippen LogP contribution in [-0.2, 0) is 0 Å². The van der Waals surface area contributed by atoms with Crippen LogP contribution < -0.4 is 0 Å². The summed E-state index contributed by atoms with van der Waals surface area (Å²) >= 11 is 0. The number of rotatable bonds is 4. The summed E-state index contributed by atoms with van der Waals surface area (Å²) in [6.45, 7) is 14.9. The van der Waals surface area contributed by atoms with Crippen LogP contribution in [0.15, 0.2) is 70.9 Å². The van der Waals surface area contributed by atoms with Crippen LogP contribution in [0.2, 0.25) is 0 Å². The van der Waals surface area contributed by atoms with Gasteiger partial charge >= 0.3 is 0 Å². The standard InChI is InChI=1S/C19H26/c1-14(2)10-9-11-16(5)17(6)19-13-8-7-12-18(19)15(3)4/h7-12,19H,3,13H2,1-2,4-6H3. The highest BCUT2D eigenvalue weighted by Crippen LogP contribution is 2.33. The molecular formula is C19H26. The van der Waals surface area contributed by atoms with Crippen molar-refractivity contribution in [2.24, 2.45) is 5.92 Å². The van der Waals surface area contributed by atoms with Crippen LogP contribution in [0.4, 0.5) is 0 Å². The Morgan fingerprint density at radius 1 is 1.21 bits per heavy atom. The van der Waals surface area contributed by atoms with E-state index >= 15 is 0 Å². The molecule has 0 saturated heterocycles. The average Bonchev–Trinajstić information content (AvgIpc) is 2.37. The molecule has 0 N–H and O–H groups in total. The van der Waals surface area contributed by atoms with E-state index in [9.17, 15) is 0 Å². The normalized spacial score (nSPS) is 20.1. The zero-order valence-electron chi connectivity index (χ0n) is 13.0. The Bertz CT molecular complexity index is 486. The minimum absolute atomic E-state index is 0.485. The third-order valence-corrected chi connectivity index (χ3v) is 3.57. The Morgan fingerprint density at radius 3 is 2.47 bits per heavy atom. The Balaban J connectivity index is 2.98. The van der Waals surface area contributed by atoms with Gasteiger partial charge in [0.1, 0.15) is 0 Å². The summed E-state index contributed by atoms with van der Waals surface area (Å²) in [5, 5.41) is 0. The first-order chi connectivity index (χ1) is 8.93. The second-order valence-electron chi connectivity index (χ2n) is 5.59. The Kier molecular flexibility index (Phi) is 5.82. The second kappa shape index (κ2) is 7.13. The van der Waals surface area contributed by atoms with Crippen molar-refractivity contribution in [1.82, 2.24) is 0 Å². The fraction of sp³-hybridized carbons (Fsp3) is 0.368. The van der Waals surface area contributed by atoms with Gasteiger partial charge in [0.05, 0.1) is 0 Å². The van der Waals surface area contributed by atoms with Crippen LogP contribution in [0.1, 0.15) is 41.0 Å². The molecule has 1 unspecified atom stereocenters. The summed E-state index contributed by atoms with van der Waals surface area (Å²) in [5.41, 5.74) is 6.66. The fourth-order valence-corrected chi connectivity index (χ4v) is 2.27. The quantitative estimate of drug-likeness (QED) is 0.546. The Hall–Kier alpha value is -1.56. The van der Waals surface area contributed by atoms with Gasteiger partial charge in [-0.3, -0.25) is 0 Å². The monoisotopic (exact) mass is 254 g/mol. The van der Waals surface area contributed by atoms with Crippen LogP contribution in [0.25, 0.3) is 0 Å². The highest BCUT2D eigenvalue weighted by molar-refractivity contribution is 5.42. The molecule has 0 spiro atoms. The van der Waals surface area contributed by atoms with Gasteiger partial charge in [0.2, 0.25) is 0 Å². The van der Waals surface area contributed by atoms with Crippen molar-refractivity contribution in [1.29, 1.82) is 0 Å². The second-order valence-corrected chi connectivity index (χ2v) is 5.59. The summed E-state index contributed by atoms with van der Waals surface area (Å²) in [5.74, 6) is 0.485. The lowest BCUT2D eigenvalue weighted by atomic mass is 9.81. The van der Waals surface area contributed by atoms with Crippen LogP contribution >= 0.6 is 0 Å². The van der Waals surface area contributed by atoms with E-state index in [2.05, 4.69) is 77.7 Å². The summed E-state index contributed by atoms with van der Waals surface area (Å²) in [6.07, 6.45) is 14.2. The molecule has 1 aliphatic rings. The molecule has 0 saturated carbocycles. The van der Waals surface area contributed by atoms with Crippen molar-refractivity contribution < 1.29 is 0 Å². The maximum Gasteiger partial charge on any atom is 0.00881 e. The van der Waals surface area contributed by atoms with Gasteiger partial charge in [-0.1, -0.05) is 65.3 Å². The summed E-state index contributed by atoms with van der Waals surface area (Å²) in [7, 11) is 0. The van der Waals surface area contributed by atoms with E-state index in [0.717, 1.165) is 6.42 Å². The molecule has 1 atom stereocenters. The highest BCUT2D eigenvalue weighted by Gasteiger charge is 2.18. The molecule has 0 amide bonds. The topological polar surface area (TPSA) is 0 Å². The smallest absolute Gasteiger partial charge is 0.00881 e. The van der Waals surface area contributed by atoms with Crippen molar-refractivity contribution >= 4 is 0 Å². The van der Waals surface area contributed by atoms with Crippen molar-refractivity contribution in [2.45, 2.75) is 41.0 Å². The molecule has 19 heavy (non-hydrogen) atoms. The molecule has 0 nitrogen and oxygen atoms in total. The first-order valence-corrected chi connectivity index (χ1v) is 6.95. The molecule has 0 fully saturated rings. The van der Waals surface area contributed by atoms with Crippen LogP contribution in [0.5, 0.6) is 0 Å². The molecule has 0 aromatic rings. The van der Waals surface area contributed by atoms with Gasteiger partial charge in [0.25, 0.3) is 0 Å². The molecule has 0 aromatic heterocycles. The molecule has 0 bridgehead atoms. The zero-order chi connectivity index (χ0) is 14.4. The van der Waals surface area contributed by atoms with E-state index in [1.54, 1.807) is 0 Å². The predicted molar refractivity (Wildman–Crippen MR) is 87.1 cm³/mol. The molecule has 0 radical (unpaired) electrons. The van der Waals surface area contributed by atoms with E-state index in [-0.39, 0.29) is 0 Å². The lowest BCUT2D eigenvalue weighted by molar-refractivity contribution is 0.717. The first-order valence-electron chi connectivity index (χ1n) is 6.95. The lowest BCUT2D eigenvalue weighted by Gasteiger charge is -2.24. The minimum atomic E-state index is 0.485. The summed E-state index contributed by atoms with van der Waals surface area (Å²) in [6, 6.07) is 0. The van der Waals surface area contributed by atoms with Crippen molar-refractivity contribution in [2.75, 3.05) is 0 Å². The molecule has 0 aliphatic heterocycles. The van der Waals surface area contributed by atoms with Gasteiger partial charge in [-0.05, 0) is 46.6 Å². The number of hydrogen-bond acceptors (Lipinski definition) is 0. The van der Waals surface area contributed by atoms with Gasteiger partial charge in [0, 0.05) is 5.92 Å².